The molecule has 4 bridgehead atoms. The molecule has 4 aliphatic heterocycles. The normalized spacial score (nSPS) is 44.3. The molecular weight excluding hydrogens is 291 g/mol. The fraction of sp³-hybridized carbons (Fsp3) is 0.611. The Morgan fingerprint density at radius 2 is 2.09 bits per heavy atom. The quantitative estimate of drug-likeness (QED) is 0.627. The van der Waals surface area contributed by atoms with Gasteiger partial charge in [-0.3, -0.25) is 4.79 Å². The number of hydrogen-bond acceptors (Lipinski definition) is 4. The molecule has 0 radical (unpaired) electrons. The molecule has 5 heteroatoms. The van der Waals surface area contributed by atoms with Crippen molar-refractivity contribution < 1.29 is 19.0 Å². The number of fused-ring (bicyclic) bond motifs is 1. The first-order valence-corrected chi connectivity index (χ1v) is 8.54. The SMILES string of the molecule is B[C@@H]1OC2C(C(=O)OCc3ccccc3)CC3C1OC3(C)C2C. The molecule has 6 rings (SSSR count). The number of hydrogen-bond donors (Lipinski definition) is 0. The Morgan fingerprint density at radius 3 is 2.83 bits per heavy atom. The Kier molecular flexibility index (Phi) is 3.54. The number of ether oxygens (including phenoxy) is 3. The Labute approximate surface area is 137 Å². The zero-order valence-electron chi connectivity index (χ0n) is 13.9. The highest BCUT2D eigenvalue weighted by atomic mass is 16.6. The van der Waals surface area contributed by atoms with Gasteiger partial charge in [0.15, 0.2) is 0 Å². The lowest BCUT2D eigenvalue weighted by Gasteiger charge is -2.58. The van der Waals surface area contributed by atoms with Gasteiger partial charge in [-0.25, -0.2) is 0 Å². The monoisotopic (exact) mass is 314 g/mol. The van der Waals surface area contributed by atoms with Gasteiger partial charge in [0.1, 0.15) is 14.5 Å². The van der Waals surface area contributed by atoms with Gasteiger partial charge in [0.2, 0.25) is 0 Å². The summed E-state index contributed by atoms with van der Waals surface area (Å²) in [6, 6.07) is 9.86. The van der Waals surface area contributed by atoms with Gasteiger partial charge in [-0.2, -0.15) is 0 Å². The molecule has 7 atom stereocenters. The molecule has 0 aromatic heterocycles. The molecule has 5 fully saturated rings. The van der Waals surface area contributed by atoms with Crippen molar-refractivity contribution >= 4 is 13.8 Å². The number of carbonyl (C=O) groups excluding carboxylic acids is 1. The van der Waals surface area contributed by atoms with Crippen LogP contribution in [0.3, 0.4) is 0 Å². The Morgan fingerprint density at radius 1 is 1.35 bits per heavy atom. The van der Waals surface area contributed by atoms with E-state index in [9.17, 15) is 4.79 Å². The summed E-state index contributed by atoms with van der Waals surface area (Å²) in [5.41, 5.74) is 0.871. The zero-order chi connectivity index (χ0) is 16.2. The molecule has 1 saturated carbocycles. The van der Waals surface area contributed by atoms with Gasteiger partial charge in [-0.1, -0.05) is 37.3 Å². The van der Waals surface area contributed by atoms with Crippen molar-refractivity contribution in [3.05, 3.63) is 35.9 Å². The van der Waals surface area contributed by atoms with Gasteiger partial charge < -0.3 is 14.2 Å². The second-order valence-electron chi connectivity index (χ2n) is 7.40. The Bertz CT molecular complexity index is 606. The number of benzene rings is 1. The van der Waals surface area contributed by atoms with Crippen molar-refractivity contribution in [2.24, 2.45) is 17.8 Å². The smallest absolute Gasteiger partial charge is 0.311 e. The maximum atomic E-state index is 12.6. The van der Waals surface area contributed by atoms with E-state index >= 15 is 0 Å². The molecule has 1 aliphatic carbocycles. The molecule has 1 aromatic rings. The molecule has 5 aliphatic rings. The first kappa shape index (κ1) is 15.2. The van der Waals surface area contributed by atoms with Crippen molar-refractivity contribution in [2.45, 2.75) is 50.7 Å². The maximum absolute atomic E-state index is 12.6. The molecule has 4 heterocycles. The van der Waals surface area contributed by atoms with Gasteiger partial charge in [0.05, 0.1) is 29.7 Å². The molecule has 23 heavy (non-hydrogen) atoms. The number of carbonyl (C=O) groups is 1. The van der Waals surface area contributed by atoms with Crippen molar-refractivity contribution in [2.75, 3.05) is 0 Å². The van der Waals surface area contributed by atoms with E-state index in [1.54, 1.807) is 0 Å². The second-order valence-corrected chi connectivity index (χ2v) is 7.40. The van der Waals surface area contributed by atoms with Crippen LogP contribution in [-0.2, 0) is 25.6 Å². The highest BCUT2D eigenvalue weighted by Gasteiger charge is 2.67. The first-order chi connectivity index (χ1) is 11.0. The molecule has 122 valence electrons. The molecule has 0 N–H and O–H groups in total. The van der Waals surface area contributed by atoms with E-state index in [1.165, 1.54) is 0 Å². The first-order valence-electron chi connectivity index (χ1n) is 8.54. The highest BCUT2D eigenvalue weighted by Crippen LogP contribution is 2.58. The van der Waals surface area contributed by atoms with E-state index in [4.69, 9.17) is 14.2 Å². The zero-order valence-corrected chi connectivity index (χ0v) is 13.9. The molecule has 0 amide bonds. The predicted octanol–water partition coefficient (Wildman–Crippen LogP) is 1.52. The summed E-state index contributed by atoms with van der Waals surface area (Å²) in [6.45, 7) is 4.63. The van der Waals surface area contributed by atoms with Crippen LogP contribution in [0.1, 0.15) is 25.8 Å². The van der Waals surface area contributed by atoms with Gasteiger partial charge in [-0.05, 0) is 18.9 Å². The molecule has 0 spiro atoms. The average molecular weight is 314 g/mol. The van der Waals surface area contributed by atoms with E-state index in [1.807, 2.05) is 30.3 Å². The summed E-state index contributed by atoms with van der Waals surface area (Å²) >= 11 is 0. The van der Waals surface area contributed by atoms with Crippen molar-refractivity contribution in [1.29, 1.82) is 0 Å². The van der Waals surface area contributed by atoms with E-state index < -0.39 is 0 Å². The summed E-state index contributed by atoms with van der Waals surface area (Å²) < 4.78 is 17.9. The Hall–Kier alpha value is -1.33. The fourth-order valence-electron chi connectivity index (χ4n) is 4.64. The van der Waals surface area contributed by atoms with Gasteiger partial charge in [0, 0.05) is 11.8 Å². The summed E-state index contributed by atoms with van der Waals surface area (Å²) in [5.74, 6) is 0.285. The van der Waals surface area contributed by atoms with E-state index in [2.05, 4.69) is 21.7 Å². The third-order valence-corrected chi connectivity index (χ3v) is 6.19. The summed E-state index contributed by atoms with van der Waals surface area (Å²) in [6.07, 6.45) is 0.829. The third-order valence-electron chi connectivity index (χ3n) is 6.19. The van der Waals surface area contributed by atoms with E-state index in [0.29, 0.717) is 12.5 Å². The van der Waals surface area contributed by atoms with Crippen molar-refractivity contribution in [1.82, 2.24) is 0 Å². The van der Waals surface area contributed by atoms with Crippen LogP contribution >= 0.6 is 0 Å². The lowest BCUT2D eigenvalue weighted by atomic mass is 9.59. The van der Waals surface area contributed by atoms with Crippen LogP contribution in [0.2, 0.25) is 0 Å². The topological polar surface area (TPSA) is 44.8 Å². The van der Waals surface area contributed by atoms with Crippen LogP contribution in [0, 0.1) is 17.8 Å². The average Bonchev–Trinajstić information content (AvgIpc) is 2.76. The number of esters is 1. The van der Waals surface area contributed by atoms with E-state index in [0.717, 1.165) is 12.0 Å². The van der Waals surface area contributed by atoms with Crippen LogP contribution in [0.4, 0.5) is 0 Å². The van der Waals surface area contributed by atoms with Crippen LogP contribution < -0.4 is 0 Å². The largest absolute Gasteiger partial charge is 0.461 e. The molecular formula is C18H23BO4. The number of rotatable bonds is 3. The summed E-state index contributed by atoms with van der Waals surface area (Å²) in [5, 5.41) is 0. The minimum atomic E-state index is -0.178. The highest BCUT2D eigenvalue weighted by molar-refractivity contribution is 6.11. The molecule has 6 unspecified atom stereocenters. The minimum Gasteiger partial charge on any atom is -0.461 e. The van der Waals surface area contributed by atoms with E-state index in [-0.39, 0.29) is 41.6 Å². The summed E-state index contributed by atoms with van der Waals surface area (Å²) in [7, 11) is 2.06. The Balaban J connectivity index is 1.48. The molecule has 4 nitrogen and oxygen atoms in total. The minimum absolute atomic E-state index is 0.0509. The van der Waals surface area contributed by atoms with Crippen LogP contribution in [-0.4, -0.2) is 37.6 Å². The molecule has 4 saturated heterocycles. The fourth-order valence-corrected chi connectivity index (χ4v) is 4.64. The lowest BCUT2D eigenvalue weighted by molar-refractivity contribution is -0.282. The van der Waals surface area contributed by atoms with Crippen molar-refractivity contribution in [3.8, 4) is 0 Å². The van der Waals surface area contributed by atoms with Crippen LogP contribution in [0.25, 0.3) is 0 Å². The second kappa shape index (κ2) is 5.35. The third kappa shape index (κ3) is 2.24. The predicted molar refractivity (Wildman–Crippen MR) is 87.5 cm³/mol. The summed E-state index contributed by atoms with van der Waals surface area (Å²) in [4.78, 5) is 12.6. The molecule has 1 aromatic carbocycles. The van der Waals surface area contributed by atoms with Gasteiger partial charge >= 0.3 is 5.97 Å². The van der Waals surface area contributed by atoms with Crippen LogP contribution in [0.15, 0.2) is 30.3 Å². The standard InChI is InChI=1S/C18H23BO4/c1-10-14-12(17(20)21-9-11-6-4-3-5-7-11)8-13-15(16(19)22-14)23-18(10,13)2/h3-7,10,12-16H,8-9,19H2,1-2H3/t10?,12?,13?,14?,15?,16-,18?/m1/s1. The van der Waals surface area contributed by atoms with Gasteiger partial charge in [0.25, 0.3) is 0 Å². The van der Waals surface area contributed by atoms with Crippen LogP contribution in [0.5, 0.6) is 0 Å². The lowest BCUT2D eigenvalue weighted by Crippen LogP contribution is -2.67. The van der Waals surface area contributed by atoms with Gasteiger partial charge in [-0.15, -0.1) is 0 Å². The maximum Gasteiger partial charge on any atom is 0.311 e. The van der Waals surface area contributed by atoms with Crippen molar-refractivity contribution in [3.63, 3.8) is 0 Å².